The largest absolute Gasteiger partial charge is 0.462 e. The maximum absolute atomic E-state index is 11.4. The lowest BCUT2D eigenvalue weighted by atomic mass is 10.2. The molecule has 178 valence electrons. The predicted molar refractivity (Wildman–Crippen MR) is 132 cm³/mol. The number of furan rings is 1. The molecule has 0 radical (unpaired) electrons. The van der Waals surface area contributed by atoms with Gasteiger partial charge in [-0.25, -0.2) is 23.5 Å². The quantitative estimate of drug-likeness (QED) is 0.342. The van der Waals surface area contributed by atoms with Crippen molar-refractivity contribution in [3.63, 3.8) is 0 Å². The van der Waals surface area contributed by atoms with Crippen LogP contribution in [-0.2, 0) is 10.0 Å². The van der Waals surface area contributed by atoms with E-state index in [1.54, 1.807) is 30.5 Å². The van der Waals surface area contributed by atoms with E-state index in [1.807, 2.05) is 12.1 Å². The van der Waals surface area contributed by atoms with E-state index in [0.29, 0.717) is 34.4 Å². The fourth-order valence-electron chi connectivity index (χ4n) is 3.83. The van der Waals surface area contributed by atoms with Crippen molar-refractivity contribution in [3.8, 4) is 10.8 Å². The number of nitrogens with one attached hydrogen (secondary N) is 1. The van der Waals surface area contributed by atoms with E-state index >= 15 is 0 Å². The Bertz CT molecular complexity index is 1380. The lowest BCUT2D eigenvalue weighted by Crippen LogP contribution is -2.47. The molecule has 13 heteroatoms. The zero-order valence-electron chi connectivity index (χ0n) is 18.2. The second-order valence-corrected chi connectivity index (χ2v) is 10.4. The van der Waals surface area contributed by atoms with Crippen molar-refractivity contribution in [1.29, 1.82) is 0 Å². The Labute approximate surface area is 200 Å². The van der Waals surface area contributed by atoms with E-state index in [2.05, 4.69) is 30.1 Å². The number of hydrogen-bond donors (Lipinski definition) is 3. The first kappa shape index (κ1) is 22.5. The minimum Gasteiger partial charge on any atom is -0.462 e. The topological polar surface area (TPSA) is 156 Å². The van der Waals surface area contributed by atoms with E-state index in [4.69, 9.17) is 15.3 Å². The Morgan fingerprint density at radius 3 is 2.50 bits per heavy atom. The number of primary sulfonamides is 1. The molecule has 11 nitrogen and oxygen atoms in total. The van der Waals surface area contributed by atoms with E-state index in [9.17, 15) is 8.42 Å². The maximum atomic E-state index is 11.4. The van der Waals surface area contributed by atoms with Gasteiger partial charge in [0.05, 0.1) is 11.2 Å². The first-order valence-electron chi connectivity index (χ1n) is 10.7. The van der Waals surface area contributed by atoms with Crippen LogP contribution in [0.5, 0.6) is 0 Å². The van der Waals surface area contributed by atoms with Crippen molar-refractivity contribution in [3.05, 3.63) is 42.7 Å². The van der Waals surface area contributed by atoms with Crippen LogP contribution in [0.4, 0.5) is 17.5 Å². The van der Waals surface area contributed by atoms with Crippen molar-refractivity contribution in [1.82, 2.24) is 19.9 Å². The third-order valence-corrected chi connectivity index (χ3v) is 7.52. The maximum Gasteiger partial charge on any atom is 0.238 e. The SMILES string of the molecule is Nc1nc(NCCN2CCN(c3ccc(S(N)(=O)=O)cc3)CC2)nc2sc(-c3ccco3)nc12. The predicted octanol–water partition coefficient (Wildman–Crippen LogP) is 1.81. The molecule has 1 saturated heterocycles. The number of nitrogen functional groups attached to an aromatic ring is 1. The van der Waals surface area contributed by atoms with Crippen LogP contribution < -0.4 is 21.1 Å². The van der Waals surface area contributed by atoms with Crippen LogP contribution >= 0.6 is 11.3 Å². The van der Waals surface area contributed by atoms with Crippen molar-refractivity contribution < 1.29 is 12.8 Å². The Kier molecular flexibility index (Phi) is 6.08. The van der Waals surface area contributed by atoms with Gasteiger partial charge in [-0.3, -0.25) is 4.90 Å². The van der Waals surface area contributed by atoms with Crippen molar-refractivity contribution in [2.24, 2.45) is 5.14 Å². The molecule has 1 aliphatic heterocycles. The number of thiazole rings is 1. The molecule has 0 aliphatic carbocycles. The second kappa shape index (κ2) is 9.18. The Morgan fingerprint density at radius 1 is 1.06 bits per heavy atom. The average molecular weight is 501 g/mol. The van der Waals surface area contributed by atoms with Crippen LogP contribution in [0.15, 0.2) is 52.0 Å². The molecule has 0 spiro atoms. The van der Waals surface area contributed by atoms with Crippen LogP contribution in [-0.4, -0.2) is 67.5 Å². The van der Waals surface area contributed by atoms with Crippen LogP contribution in [0.1, 0.15) is 0 Å². The number of benzene rings is 1. The van der Waals surface area contributed by atoms with Gasteiger partial charge in [-0.1, -0.05) is 11.3 Å². The standard InChI is InChI=1S/C21H24N8O3S2/c22-18-17-20(33-19(25-17)16-2-1-13-32-16)27-21(26-18)24-7-8-28-9-11-29(12-10-28)14-3-5-15(6-4-14)34(23,30)31/h1-6,13H,7-12H2,(H2,23,30,31)(H3,22,24,26,27). The van der Waals surface area contributed by atoms with Crippen LogP contribution in [0.2, 0.25) is 0 Å². The Balaban J connectivity index is 1.14. The molecule has 1 aliphatic rings. The van der Waals surface area contributed by atoms with E-state index in [1.165, 1.54) is 11.3 Å². The number of anilines is 3. The van der Waals surface area contributed by atoms with Crippen LogP contribution in [0.3, 0.4) is 0 Å². The highest BCUT2D eigenvalue weighted by Crippen LogP contribution is 2.31. The average Bonchev–Trinajstić information content (AvgIpc) is 3.49. The molecule has 0 unspecified atom stereocenters. The highest BCUT2D eigenvalue weighted by atomic mass is 32.2. The number of nitrogens with zero attached hydrogens (tertiary/aromatic N) is 5. The lowest BCUT2D eigenvalue weighted by molar-refractivity contribution is 0.267. The van der Waals surface area contributed by atoms with Gasteiger partial charge >= 0.3 is 0 Å². The molecule has 1 fully saturated rings. The molecular weight excluding hydrogens is 476 g/mol. The fourth-order valence-corrected chi connectivity index (χ4v) is 5.26. The van der Waals surface area contributed by atoms with Gasteiger partial charge in [-0.15, -0.1) is 0 Å². The van der Waals surface area contributed by atoms with Crippen molar-refractivity contribution >= 4 is 49.2 Å². The van der Waals surface area contributed by atoms with Gasteiger partial charge in [0.2, 0.25) is 16.0 Å². The van der Waals surface area contributed by atoms with Crippen LogP contribution in [0, 0.1) is 0 Å². The number of fused-ring (bicyclic) bond motifs is 1. The first-order valence-corrected chi connectivity index (χ1v) is 13.0. The lowest BCUT2D eigenvalue weighted by Gasteiger charge is -2.36. The van der Waals surface area contributed by atoms with Crippen molar-refractivity contribution in [2.45, 2.75) is 4.90 Å². The number of piperazine rings is 1. The summed E-state index contributed by atoms with van der Waals surface area (Å²) < 4.78 is 28.3. The summed E-state index contributed by atoms with van der Waals surface area (Å²) in [6, 6.07) is 10.3. The summed E-state index contributed by atoms with van der Waals surface area (Å²) in [6.07, 6.45) is 1.60. The zero-order chi connectivity index (χ0) is 23.7. The van der Waals surface area contributed by atoms with Gasteiger partial charge in [-0.2, -0.15) is 4.98 Å². The van der Waals surface area contributed by atoms with Gasteiger partial charge in [-0.05, 0) is 36.4 Å². The molecule has 4 heterocycles. The summed E-state index contributed by atoms with van der Waals surface area (Å²) in [5.74, 6) is 1.49. The first-order chi connectivity index (χ1) is 16.4. The molecule has 0 amide bonds. The zero-order valence-corrected chi connectivity index (χ0v) is 19.8. The monoisotopic (exact) mass is 500 g/mol. The van der Waals surface area contributed by atoms with Crippen molar-refractivity contribution in [2.75, 3.05) is 55.2 Å². The molecule has 0 saturated carbocycles. The minimum atomic E-state index is -3.68. The highest BCUT2D eigenvalue weighted by Gasteiger charge is 2.18. The second-order valence-electron chi connectivity index (χ2n) is 7.88. The Hall–Kier alpha value is -3.26. The molecule has 4 aromatic rings. The van der Waals surface area contributed by atoms with E-state index < -0.39 is 10.0 Å². The number of aromatic nitrogens is 3. The molecule has 0 atom stereocenters. The molecule has 1 aromatic carbocycles. The highest BCUT2D eigenvalue weighted by molar-refractivity contribution is 7.89. The van der Waals surface area contributed by atoms with Gasteiger partial charge < -0.3 is 20.4 Å². The number of rotatable bonds is 7. The normalized spacial score (nSPS) is 15.1. The fraction of sp³-hybridized carbons (Fsp3) is 0.286. The van der Waals surface area contributed by atoms with Gasteiger partial charge in [0, 0.05) is 45.0 Å². The molecular formula is C21H24N8O3S2. The summed E-state index contributed by atoms with van der Waals surface area (Å²) in [4.78, 5) is 18.8. The molecule has 5 N–H and O–H groups in total. The van der Waals surface area contributed by atoms with Gasteiger partial charge in [0.25, 0.3) is 0 Å². The number of sulfonamides is 1. The summed E-state index contributed by atoms with van der Waals surface area (Å²) >= 11 is 1.41. The molecule has 34 heavy (non-hydrogen) atoms. The molecule has 5 rings (SSSR count). The third-order valence-electron chi connectivity index (χ3n) is 5.63. The summed E-state index contributed by atoms with van der Waals surface area (Å²) in [5.41, 5.74) is 7.67. The van der Waals surface area contributed by atoms with Gasteiger partial charge in [0.15, 0.2) is 21.4 Å². The van der Waals surface area contributed by atoms with Crippen LogP contribution in [0.25, 0.3) is 21.1 Å². The molecule has 3 aromatic heterocycles. The Morgan fingerprint density at radius 2 is 1.82 bits per heavy atom. The summed E-state index contributed by atoms with van der Waals surface area (Å²) in [5, 5.41) is 9.15. The smallest absolute Gasteiger partial charge is 0.238 e. The minimum absolute atomic E-state index is 0.123. The number of hydrogen-bond acceptors (Lipinski definition) is 11. The van der Waals surface area contributed by atoms with Gasteiger partial charge in [0.1, 0.15) is 5.52 Å². The molecule has 0 bridgehead atoms. The van der Waals surface area contributed by atoms with E-state index in [0.717, 1.165) is 43.4 Å². The van der Waals surface area contributed by atoms with E-state index in [-0.39, 0.29) is 4.90 Å². The summed E-state index contributed by atoms with van der Waals surface area (Å²) in [7, 11) is -3.68. The number of nitrogens with two attached hydrogens (primary N) is 2. The summed E-state index contributed by atoms with van der Waals surface area (Å²) in [6.45, 7) is 4.99. The third kappa shape index (κ3) is 4.82.